The van der Waals surface area contributed by atoms with Crippen molar-refractivity contribution in [2.45, 2.75) is 19.3 Å². The van der Waals surface area contributed by atoms with E-state index >= 15 is 0 Å². The van der Waals surface area contributed by atoms with E-state index in [1.807, 2.05) is 30.3 Å². The molecule has 6 heteroatoms. The zero-order valence-corrected chi connectivity index (χ0v) is 29.2. The molecule has 0 unspecified atom stereocenters. The molecule has 0 fully saturated rings. The molecule has 0 bridgehead atoms. The molecule has 0 saturated carbocycles. The normalized spacial score (nSPS) is 15.8. The fourth-order valence-corrected chi connectivity index (χ4v) is 11.4. The molecular formula is C45H23N5Se. The predicted octanol–water partition coefficient (Wildman–Crippen LogP) is 10.5. The van der Waals surface area contributed by atoms with Crippen molar-refractivity contribution in [2.75, 3.05) is 0 Å². The maximum absolute atomic E-state index is 10.3. The number of para-hydroxylation sites is 2. The van der Waals surface area contributed by atoms with E-state index in [4.69, 9.17) is 13.1 Å². The summed E-state index contributed by atoms with van der Waals surface area (Å²) in [6.45, 7) is 20.4. The molecule has 0 saturated heterocycles. The maximum atomic E-state index is 10.3. The molecule has 5 aromatic carbocycles. The van der Waals surface area contributed by atoms with Gasteiger partial charge in [-0.3, -0.25) is 0 Å². The van der Waals surface area contributed by atoms with Crippen LogP contribution >= 0.6 is 0 Å². The third-order valence-corrected chi connectivity index (χ3v) is 13.4. The Morgan fingerprint density at radius 3 is 1.96 bits per heavy atom. The van der Waals surface area contributed by atoms with Gasteiger partial charge in [0.1, 0.15) is 0 Å². The third kappa shape index (κ3) is 3.66. The number of hydrogen-bond acceptors (Lipinski definition) is 2. The van der Waals surface area contributed by atoms with Gasteiger partial charge in [0.15, 0.2) is 0 Å². The second kappa shape index (κ2) is 10.2. The van der Waals surface area contributed by atoms with Crippen LogP contribution in [0.2, 0.25) is 0 Å². The van der Waals surface area contributed by atoms with Crippen molar-refractivity contribution in [3.05, 3.63) is 171 Å². The molecule has 0 atom stereocenters. The minimum atomic E-state index is -0.186. The summed E-state index contributed by atoms with van der Waals surface area (Å²) in [6, 6.07) is 40.5. The summed E-state index contributed by atoms with van der Waals surface area (Å²) in [4.78, 5) is 7.30. The van der Waals surface area contributed by atoms with Crippen molar-refractivity contribution in [2.24, 2.45) is 0 Å². The SMILES string of the molecule is [C-]#[N+]/C(C#N)=C1/c2ccccc2-c2cc3c(cc21)/C(=C(\C#N)[N+]#[C-])c1cc(-c2cc4c([se]2)-n2c5ccccc5c5cccc(c52)C4(C)C)ccc1-3. The van der Waals surface area contributed by atoms with Gasteiger partial charge in [-0.15, -0.1) is 0 Å². The van der Waals surface area contributed by atoms with E-state index in [2.05, 4.69) is 113 Å². The van der Waals surface area contributed by atoms with Gasteiger partial charge in [0.2, 0.25) is 0 Å². The Labute approximate surface area is 300 Å². The average Bonchev–Trinajstić information content (AvgIpc) is 3.91. The molecule has 10 rings (SSSR count). The van der Waals surface area contributed by atoms with Crippen LogP contribution in [0, 0.1) is 35.8 Å². The second-order valence-electron chi connectivity index (χ2n) is 13.7. The summed E-state index contributed by atoms with van der Waals surface area (Å²) in [5.41, 5.74) is 14.4. The third-order valence-electron chi connectivity index (χ3n) is 10.9. The van der Waals surface area contributed by atoms with Crippen LogP contribution in [0.3, 0.4) is 0 Å². The standard InChI is InChI=1S/C45H23N5Se/c1-45(2)35-14-9-13-29-27-11-7-8-15-39(27)50(43(29)35)44-36(45)21-40(51-44)24-16-17-26-31-19-30-25-10-5-6-12-28(25)41(37(22-46)48-3)33(30)20-34(31)42(32(26)18-24)38(23-47)49-4/h5-21H,1-2H3/b41-37-,42-38+. The van der Waals surface area contributed by atoms with Crippen LogP contribution in [0.1, 0.15) is 47.2 Å². The first-order valence-corrected chi connectivity index (χ1v) is 18.3. The molecular weight excluding hydrogens is 689 g/mol. The zero-order valence-electron chi connectivity index (χ0n) is 27.5. The molecule has 1 aliphatic heterocycles. The molecule has 51 heavy (non-hydrogen) atoms. The Bertz CT molecular complexity index is 3010. The number of allylic oxidation sites excluding steroid dienone is 2. The van der Waals surface area contributed by atoms with E-state index in [-0.39, 0.29) is 31.3 Å². The number of fused-ring (bicyclic) bond motifs is 11. The summed E-state index contributed by atoms with van der Waals surface area (Å²) in [5.74, 6) is 0. The van der Waals surface area contributed by atoms with Crippen LogP contribution in [-0.2, 0) is 5.41 Å². The molecule has 5 nitrogen and oxygen atoms in total. The Morgan fingerprint density at radius 1 is 0.627 bits per heavy atom. The number of rotatable bonds is 1. The number of hydrogen-bond donors (Lipinski definition) is 0. The summed E-state index contributed by atoms with van der Waals surface area (Å²) in [7, 11) is 0. The first-order chi connectivity index (χ1) is 24.9. The Morgan fingerprint density at radius 2 is 1.24 bits per heavy atom. The average molecular weight is 713 g/mol. The summed E-state index contributed by atoms with van der Waals surface area (Å²) in [5, 5.41) is 22.8. The predicted molar refractivity (Wildman–Crippen MR) is 203 cm³/mol. The van der Waals surface area contributed by atoms with Gasteiger partial charge in [0, 0.05) is 0 Å². The van der Waals surface area contributed by atoms with E-state index < -0.39 is 0 Å². The van der Waals surface area contributed by atoms with Gasteiger partial charge in [-0.25, -0.2) is 0 Å². The molecule has 0 N–H and O–H groups in total. The first kappa shape index (κ1) is 29.3. The van der Waals surface area contributed by atoms with Crippen molar-refractivity contribution >= 4 is 47.5 Å². The van der Waals surface area contributed by atoms with Crippen LogP contribution in [0.5, 0.6) is 0 Å². The minimum absolute atomic E-state index is 0.00564. The second-order valence-corrected chi connectivity index (χ2v) is 15.8. The fourth-order valence-electron chi connectivity index (χ4n) is 8.62. The van der Waals surface area contributed by atoms with Crippen LogP contribution < -0.4 is 0 Å². The fraction of sp³-hybridized carbons (Fsp3) is 0.0667. The molecule has 3 heterocycles. The first-order valence-electron chi connectivity index (χ1n) is 16.5. The molecule has 3 aliphatic rings. The van der Waals surface area contributed by atoms with Gasteiger partial charge in [0.25, 0.3) is 0 Å². The van der Waals surface area contributed by atoms with E-state index in [0.717, 1.165) is 50.1 Å². The number of benzene rings is 5. The number of aromatic nitrogens is 1. The summed E-state index contributed by atoms with van der Waals surface area (Å²) >= 11 is -0.00564. The van der Waals surface area contributed by atoms with Crippen molar-refractivity contribution in [1.82, 2.24) is 4.57 Å². The van der Waals surface area contributed by atoms with Gasteiger partial charge in [-0.1, -0.05) is 0 Å². The van der Waals surface area contributed by atoms with Crippen LogP contribution in [0.4, 0.5) is 0 Å². The van der Waals surface area contributed by atoms with E-state index in [0.29, 0.717) is 11.1 Å². The molecule has 0 amide bonds. The zero-order chi connectivity index (χ0) is 34.8. The topological polar surface area (TPSA) is 61.2 Å². The van der Waals surface area contributed by atoms with Gasteiger partial charge in [0.05, 0.1) is 0 Å². The Balaban J connectivity index is 1.20. The molecule has 7 aromatic rings. The molecule has 234 valence electrons. The van der Waals surface area contributed by atoms with Gasteiger partial charge in [-0.2, -0.15) is 0 Å². The van der Waals surface area contributed by atoms with E-state index in [9.17, 15) is 10.5 Å². The quantitative estimate of drug-likeness (QED) is 0.0966. The molecule has 0 spiro atoms. The number of nitriles is 2. The summed E-state index contributed by atoms with van der Waals surface area (Å²) in [6.07, 6.45) is 0. The van der Waals surface area contributed by atoms with Crippen molar-refractivity contribution in [3.8, 4) is 49.0 Å². The molecule has 2 aliphatic carbocycles. The van der Waals surface area contributed by atoms with E-state index in [1.165, 1.54) is 41.9 Å². The van der Waals surface area contributed by atoms with Crippen LogP contribution in [-0.4, -0.2) is 19.1 Å². The van der Waals surface area contributed by atoms with Gasteiger partial charge in [-0.05, 0) is 0 Å². The van der Waals surface area contributed by atoms with Crippen molar-refractivity contribution in [3.63, 3.8) is 0 Å². The Hall–Kier alpha value is -6.66. The monoisotopic (exact) mass is 713 g/mol. The van der Waals surface area contributed by atoms with Gasteiger partial charge >= 0.3 is 295 Å². The van der Waals surface area contributed by atoms with Crippen molar-refractivity contribution < 1.29 is 0 Å². The van der Waals surface area contributed by atoms with Crippen LogP contribution in [0.25, 0.3) is 79.5 Å². The molecule has 0 radical (unpaired) electrons. The number of nitrogens with zero attached hydrogens (tertiary/aromatic N) is 5. The van der Waals surface area contributed by atoms with Crippen molar-refractivity contribution in [1.29, 1.82) is 10.5 Å². The van der Waals surface area contributed by atoms with E-state index in [1.54, 1.807) is 0 Å². The molecule has 2 aromatic heterocycles. The van der Waals surface area contributed by atoms with Crippen LogP contribution in [0.15, 0.2) is 115 Å². The Kier molecular flexibility index (Phi) is 5.85. The van der Waals surface area contributed by atoms with Gasteiger partial charge < -0.3 is 6.57 Å². The summed E-state index contributed by atoms with van der Waals surface area (Å²) < 4.78 is 5.11.